The highest BCUT2D eigenvalue weighted by molar-refractivity contribution is 9.26. The summed E-state index contributed by atoms with van der Waals surface area (Å²) in [6, 6.07) is 15.9. The first-order valence-corrected chi connectivity index (χ1v) is 16.6. The Hall–Kier alpha value is -1.92. The third-order valence-electron chi connectivity index (χ3n) is 8.32. The van der Waals surface area contributed by atoms with Crippen molar-refractivity contribution in [1.82, 2.24) is 14.8 Å². The summed E-state index contributed by atoms with van der Waals surface area (Å²) in [6.07, 6.45) is 0.103. The number of likely N-dealkylation sites (N-methyl/N-ethyl adjacent to an activating group) is 1. The van der Waals surface area contributed by atoms with Gasteiger partial charge >= 0.3 is 0 Å². The minimum Gasteiger partial charge on any atom is -0.388 e. The van der Waals surface area contributed by atoms with E-state index in [4.69, 9.17) is 0 Å². The molecule has 5 aliphatic heterocycles. The molecular formula is C25H24N4O3S4. The van der Waals surface area contributed by atoms with E-state index < -0.39 is 27.4 Å². The summed E-state index contributed by atoms with van der Waals surface area (Å²) in [5.41, 5.74) is 2.53. The zero-order valence-electron chi connectivity index (χ0n) is 19.7. The summed E-state index contributed by atoms with van der Waals surface area (Å²) < 4.78 is 0. The molecule has 0 saturated carbocycles. The first-order chi connectivity index (χ1) is 17.3. The molecule has 5 atom stereocenters. The van der Waals surface area contributed by atoms with Crippen molar-refractivity contribution in [3.05, 3.63) is 65.9 Å². The Morgan fingerprint density at radius 1 is 0.972 bits per heavy atom. The van der Waals surface area contributed by atoms with Crippen molar-refractivity contribution in [2.45, 2.75) is 41.3 Å². The highest BCUT2D eigenvalue weighted by atomic mass is 33.7. The molecule has 186 valence electrons. The first-order valence-electron chi connectivity index (χ1n) is 11.8. The molecule has 0 aliphatic carbocycles. The number of fused-ring (bicyclic) bond motifs is 8. The van der Waals surface area contributed by atoms with Crippen LogP contribution in [-0.4, -0.2) is 60.8 Å². The van der Waals surface area contributed by atoms with Crippen molar-refractivity contribution < 1.29 is 14.7 Å². The summed E-state index contributed by atoms with van der Waals surface area (Å²) >= 11 is 0. The number of carbonyl (C=O) groups excluding carboxylic acids is 2. The smallest absolute Gasteiger partial charge is 0.264 e. The van der Waals surface area contributed by atoms with E-state index in [1.807, 2.05) is 68.6 Å². The van der Waals surface area contributed by atoms with Gasteiger partial charge in [0.15, 0.2) is 4.87 Å². The SMILES string of the molecule is CC(C)[C@@]12SSSS[C@]3(C(=O)N1C)[C@@H](O)[C@]1(c4c[nH]c5ccccc45)c4ccccc4N[C@@H]1N3C2=O. The number of rotatable bonds is 2. The van der Waals surface area contributed by atoms with Crippen LogP contribution in [0.1, 0.15) is 25.0 Å². The van der Waals surface area contributed by atoms with Gasteiger partial charge in [-0.25, -0.2) is 0 Å². The number of H-pyrrole nitrogens is 1. The third-order valence-corrected chi connectivity index (χ3v) is 15.9. The number of amides is 2. The molecule has 36 heavy (non-hydrogen) atoms. The second-order valence-corrected chi connectivity index (χ2v) is 16.1. The Morgan fingerprint density at radius 2 is 1.69 bits per heavy atom. The fourth-order valence-corrected chi connectivity index (χ4v) is 14.8. The standard InChI is InChI=1S/C25H24N4O3S4/c1-13(2)24-22(32)29-20-23(15-9-5-7-11-18(15)27-20,16-12-26-17-10-6-4-8-14(16)17)19(30)25(29,21(31)28(24)3)34-36-35-33-24/h4-13,19-20,26-27,30H,1-3H3/t19-,20+,23+,24-,25-/m0/s1. The number of aromatic nitrogens is 1. The van der Waals surface area contributed by atoms with Crippen LogP contribution in [0.2, 0.25) is 0 Å². The second-order valence-electron chi connectivity index (χ2n) is 10.0. The number of aliphatic hydroxyl groups excluding tert-OH is 1. The zero-order valence-corrected chi connectivity index (χ0v) is 23.0. The number of hydrogen-bond donors (Lipinski definition) is 3. The number of piperazine rings is 1. The molecule has 6 heterocycles. The van der Waals surface area contributed by atoms with Gasteiger partial charge in [-0.2, -0.15) is 0 Å². The average molecular weight is 557 g/mol. The Labute approximate surface area is 223 Å². The van der Waals surface area contributed by atoms with Crippen LogP contribution >= 0.6 is 41.2 Å². The van der Waals surface area contributed by atoms with E-state index in [0.29, 0.717) is 0 Å². The summed E-state index contributed by atoms with van der Waals surface area (Å²) in [5, 5.41) is 17.2. The van der Waals surface area contributed by atoms with E-state index >= 15 is 0 Å². The van der Waals surface area contributed by atoms with Crippen LogP contribution in [0.5, 0.6) is 0 Å². The van der Waals surface area contributed by atoms with Crippen LogP contribution in [0.15, 0.2) is 54.7 Å². The van der Waals surface area contributed by atoms with Crippen molar-refractivity contribution in [2.24, 2.45) is 5.92 Å². The molecule has 1 aromatic heterocycles. The lowest BCUT2D eigenvalue weighted by molar-refractivity contribution is -0.169. The minimum absolute atomic E-state index is 0.137. The molecule has 0 unspecified atom stereocenters. The maximum Gasteiger partial charge on any atom is 0.264 e. The highest BCUT2D eigenvalue weighted by Crippen LogP contribution is 2.70. The number of nitrogens with zero attached hydrogens (tertiary/aromatic N) is 2. The van der Waals surface area contributed by atoms with Crippen LogP contribution in [0.25, 0.3) is 10.9 Å². The molecule has 2 aromatic carbocycles. The number of hydrogen-bond acceptors (Lipinski definition) is 8. The largest absolute Gasteiger partial charge is 0.388 e. The fourth-order valence-electron chi connectivity index (χ4n) is 6.70. The number of carbonyl (C=O) groups is 2. The Kier molecular flexibility index (Phi) is 4.88. The molecule has 4 saturated heterocycles. The fraction of sp³-hybridized carbons (Fsp3) is 0.360. The number of para-hydroxylation sites is 2. The van der Waals surface area contributed by atoms with Gasteiger partial charge in [0.05, 0.1) is 5.41 Å². The van der Waals surface area contributed by atoms with E-state index in [9.17, 15) is 14.7 Å². The van der Waals surface area contributed by atoms with E-state index in [-0.39, 0.29) is 17.7 Å². The van der Waals surface area contributed by atoms with E-state index in [1.165, 1.54) is 41.2 Å². The van der Waals surface area contributed by atoms with E-state index in [2.05, 4.69) is 10.3 Å². The average Bonchev–Trinajstić information content (AvgIpc) is 3.49. The molecule has 2 amide bonds. The Balaban J connectivity index is 1.58. The molecule has 7 nitrogen and oxygen atoms in total. The van der Waals surface area contributed by atoms with E-state index in [0.717, 1.165) is 27.7 Å². The molecule has 8 rings (SSSR count). The molecule has 3 aromatic rings. The summed E-state index contributed by atoms with van der Waals surface area (Å²) in [6.45, 7) is 3.97. The van der Waals surface area contributed by atoms with Gasteiger partial charge in [0.25, 0.3) is 11.8 Å². The lowest BCUT2D eigenvalue weighted by Crippen LogP contribution is -2.76. The number of aromatic amines is 1. The quantitative estimate of drug-likeness (QED) is 0.394. The predicted molar refractivity (Wildman–Crippen MR) is 149 cm³/mol. The van der Waals surface area contributed by atoms with Crippen molar-refractivity contribution >= 4 is 69.6 Å². The molecular weight excluding hydrogens is 533 g/mol. The first kappa shape index (κ1) is 23.2. The topological polar surface area (TPSA) is 88.7 Å². The Morgan fingerprint density at radius 3 is 2.50 bits per heavy atom. The number of aliphatic hydroxyl groups is 1. The minimum atomic E-state index is -1.48. The lowest BCUT2D eigenvalue weighted by atomic mass is 9.70. The molecule has 4 fully saturated rings. The van der Waals surface area contributed by atoms with E-state index in [1.54, 1.807) is 16.8 Å². The summed E-state index contributed by atoms with van der Waals surface area (Å²) in [4.78, 5) is 33.2. The van der Waals surface area contributed by atoms with Gasteiger partial charge in [-0.05, 0) is 70.4 Å². The maximum absolute atomic E-state index is 14.7. The van der Waals surface area contributed by atoms with Gasteiger partial charge in [-0.3, -0.25) is 14.5 Å². The Bertz CT molecular complexity index is 1450. The van der Waals surface area contributed by atoms with Gasteiger partial charge < -0.3 is 20.3 Å². The van der Waals surface area contributed by atoms with Crippen molar-refractivity contribution in [2.75, 3.05) is 12.4 Å². The molecule has 3 N–H and O–H groups in total. The molecule has 5 aliphatic rings. The van der Waals surface area contributed by atoms with Crippen LogP contribution in [0, 0.1) is 5.92 Å². The normalized spacial score (nSPS) is 35.0. The molecule has 0 radical (unpaired) electrons. The molecule has 1 spiro atoms. The van der Waals surface area contributed by atoms with Gasteiger partial charge in [-0.1, -0.05) is 50.2 Å². The number of nitrogens with one attached hydrogen (secondary N) is 2. The van der Waals surface area contributed by atoms with Gasteiger partial charge in [0.2, 0.25) is 4.87 Å². The second kappa shape index (κ2) is 7.57. The van der Waals surface area contributed by atoms with Gasteiger partial charge in [-0.15, -0.1) is 0 Å². The number of benzene rings is 2. The van der Waals surface area contributed by atoms with Gasteiger partial charge in [0.1, 0.15) is 12.3 Å². The lowest BCUT2D eigenvalue weighted by Gasteiger charge is -2.56. The summed E-state index contributed by atoms with van der Waals surface area (Å²) in [5.74, 6) is -0.514. The van der Waals surface area contributed by atoms with Crippen LogP contribution < -0.4 is 5.32 Å². The predicted octanol–water partition coefficient (Wildman–Crippen LogP) is 4.62. The highest BCUT2D eigenvalue weighted by Gasteiger charge is 2.80. The zero-order chi connectivity index (χ0) is 25.0. The maximum atomic E-state index is 14.7. The number of anilines is 1. The van der Waals surface area contributed by atoms with Crippen LogP contribution in [-0.2, 0) is 15.0 Å². The monoisotopic (exact) mass is 556 g/mol. The molecule has 2 bridgehead atoms. The van der Waals surface area contributed by atoms with Crippen LogP contribution in [0.3, 0.4) is 0 Å². The van der Waals surface area contributed by atoms with Crippen LogP contribution in [0.4, 0.5) is 5.69 Å². The third kappa shape index (κ3) is 2.38. The van der Waals surface area contributed by atoms with Crippen molar-refractivity contribution in [3.63, 3.8) is 0 Å². The van der Waals surface area contributed by atoms with Crippen molar-refractivity contribution in [3.8, 4) is 0 Å². The summed E-state index contributed by atoms with van der Waals surface area (Å²) in [7, 11) is 7.41. The molecule has 11 heteroatoms. The van der Waals surface area contributed by atoms with Gasteiger partial charge in [0, 0.05) is 29.8 Å². The van der Waals surface area contributed by atoms with Crippen molar-refractivity contribution in [1.29, 1.82) is 0 Å².